The van der Waals surface area contributed by atoms with E-state index in [9.17, 15) is 4.79 Å². The summed E-state index contributed by atoms with van der Waals surface area (Å²) in [5, 5.41) is 6.96. The highest BCUT2D eigenvalue weighted by molar-refractivity contribution is 5.83. The molecule has 2 heterocycles. The van der Waals surface area contributed by atoms with Gasteiger partial charge in [0.15, 0.2) is 0 Å². The van der Waals surface area contributed by atoms with E-state index in [1.54, 1.807) is 6.20 Å². The number of hydrogen-bond donors (Lipinski definition) is 2. The lowest BCUT2D eigenvalue weighted by molar-refractivity contribution is -0.140. The van der Waals surface area contributed by atoms with Crippen LogP contribution >= 0.6 is 0 Å². The number of carbonyl (C=O) groups excluding carboxylic acids is 1. The number of nitrogens with zero attached hydrogens (tertiary/aromatic N) is 1. The molecule has 1 saturated heterocycles. The molecule has 1 aliphatic heterocycles. The minimum atomic E-state index is -0.144. The van der Waals surface area contributed by atoms with E-state index in [-0.39, 0.29) is 17.9 Å². The maximum Gasteiger partial charge on any atom is 0.251 e. The Bertz CT molecular complexity index is 426. The number of fused-ring (bicyclic) bond motifs is 1. The minimum absolute atomic E-state index is 0.0126. The largest absolute Gasteiger partial charge is 0.379 e. The van der Waals surface area contributed by atoms with Crippen LogP contribution in [-0.2, 0) is 20.8 Å². The number of aromatic amines is 1. The van der Waals surface area contributed by atoms with Crippen molar-refractivity contribution in [2.45, 2.75) is 37.7 Å². The van der Waals surface area contributed by atoms with Gasteiger partial charge in [-0.15, -0.1) is 0 Å². The second-order valence-electron chi connectivity index (χ2n) is 4.82. The van der Waals surface area contributed by atoms with Gasteiger partial charge in [-0.2, -0.15) is 5.10 Å². The second-order valence-corrected chi connectivity index (χ2v) is 4.82. The van der Waals surface area contributed by atoms with Crippen molar-refractivity contribution in [1.29, 1.82) is 0 Å². The van der Waals surface area contributed by atoms with Crippen molar-refractivity contribution in [3.8, 4) is 0 Å². The molecule has 0 saturated carbocycles. The number of carbonyl (C=O) groups is 1. The van der Waals surface area contributed by atoms with Crippen LogP contribution in [0.4, 0.5) is 0 Å². The number of rotatable bonds is 3. The maximum atomic E-state index is 12.1. The first-order valence-corrected chi connectivity index (χ1v) is 6.40. The third kappa shape index (κ3) is 2.26. The number of hydroxylamine groups is 1. The van der Waals surface area contributed by atoms with Gasteiger partial charge in [0.05, 0.1) is 18.7 Å². The quantitative estimate of drug-likeness (QED) is 0.774. The van der Waals surface area contributed by atoms with Gasteiger partial charge in [-0.3, -0.25) is 14.7 Å². The molecule has 2 N–H and O–H groups in total. The Morgan fingerprint density at radius 2 is 2.50 bits per heavy atom. The van der Waals surface area contributed by atoms with E-state index < -0.39 is 0 Å². The lowest BCUT2D eigenvalue weighted by atomic mass is 9.87. The Labute approximate surface area is 105 Å². The first kappa shape index (κ1) is 11.7. The molecule has 1 aromatic heterocycles. The summed E-state index contributed by atoms with van der Waals surface area (Å²) in [6, 6.07) is 0. The Balaban J connectivity index is 1.60. The van der Waals surface area contributed by atoms with E-state index in [1.807, 2.05) is 0 Å². The molecule has 2 unspecified atom stereocenters. The van der Waals surface area contributed by atoms with Crippen LogP contribution in [0.1, 0.15) is 36.4 Å². The summed E-state index contributed by atoms with van der Waals surface area (Å²) in [5.74, 6) is -0.223. The van der Waals surface area contributed by atoms with Crippen molar-refractivity contribution >= 4 is 5.91 Å². The second kappa shape index (κ2) is 5.07. The van der Waals surface area contributed by atoms with Crippen molar-refractivity contribution in [3.63, 3.8) is 0 Å². The molecule has 0 aromatic carbocycles. The minimum Gasteiger partial charge on any atom is -0.379 e. The summed E-state index contributed by atoms with van der Waals surface area (Å²) >= 11 is 0. The molecule has 0 spiro atoms. The van der Waals surface area contributed by atoms with Gasteiger partial charge >= 0.3 is 0 Å². The van der Waals surface area contributed by atoms with Crippen LogP contribution in [0.15, 0.2) is 6.20 Å². The molecule has 6 nitrogen and oxygen atoms in total. The Morgan fingerprint density at radius 1 is 1.56 bits per heavy atom. The molecule has 2 atom stereocenters. The van der Waals surface area contributed by atoms with Crippen molar-refractivity contribution in [1.82, 2.24) is 15.7 Å². The van der Waals surface area contributed by atoms with E-state index in [1.165, 1.54) is 0 Å². The molecule has 0 radical (unpaired) electrons. The molecule has 1 amide bonds. The molecule has 0 bridgehead atoms. The smallest absolute Gasteiger partial charge is 0.251 e. The van der Waals surface area contributed by atoms with Crippen molar-refractivity contribution in [2.75, 3.05) is 13.2 Å². The predicted molar refractivity (Wildman–Crippen MR) is 62.7 cm³/mol. The van der Waals surface area contributed by atoms with E-state index >= 15 is 0 Å². The number of amides is 1. The SMILES string of the molecule is O=C(NOC1CCOC1)C1CCCc2[nH]ncc21. The van der Waals surface area contributed by atoms with Gasteiger partial charge in [-0.25, -0.2) is 5.48 Å². The van der Waals surface area contributed by atoms with Gasteiger partial charge in [-0.05, 0) is 19.3 Å². The zero-order valence-electron chi connectivity index (χ0n) is 10.1. The van der Waals surface area contributed by atoms with Crippen LogP contribution in [0.5, 0.6) is 0 Å². The Morgan fingerprint density at radius 3 is 3.33 bits per heavy atom. The maximum absolute atomic E-state index is 12.1. The monoisotopic (exact) mass is 251 g/mol. The highest BCUT2D eigenvalue weighted by atomic mass is 16.7. The lowest BCUT2D eigenvalue weighted by Crippen LogP contribution is -2.34. The third-order valence-corrected chi connectivity index (χ3v) is 3.58. The van der Waals surface area contributed by atoms with E-state index in [0.717, 1.165) is 36.9 Å². The predicted octanol–water partition coefficient (Wildman–Crippen LogP) is 0.666. The average Bonchev–Trinajstić information content (AvgIpc) is 3.05. The summed E-state index contributed by atoms with van der Waals surface area (Å²) in [4.78, 5) is 17.5. The molecular weight excluding hydrogens is 234 g/mol. The molecule has 18 heavy (non-hydrogen) atoms. The summed E-state index contributed by atoms with van der Waals surface area (Å²) in [6.45, 7) is 1.26. The zero-order valence-corrected chi connectivity index (χ0v) is 10.1. The highest BCUT2D eigenvalue weighted by Gasteiger charge is 2.29. The summed E-state index contributed by atoms with van der Waals surface area (Å²) < 4.78 is 5.19. The van der Waals surface area contributed by atoms with Crippen molar-refractivity contribution in [3.05, 3.63) is 17.5 Å². The van der Waals surface area contributed by atoms with Crippen LogP contribution in [0.25, 0.3) is 0 Å². The standard InChI is InChI=1S/C12H17N3O3/c16-12(15-18-8-4-5-17-7-8)9-2-1-3-11-10(9)6-13-14-11/h6,8-9H,1-5,7H2,(H,13,14)(H,15,16). The molecule has 1 aliphatic carbocycles. The molecule has 2 aliphatic rings. The molecule has 1 fully saturated rings. The fraction of sp³-hybridized carbons (Fsp3) is 0.667. The highest BCUT2D eigenvalue weighted by Crippen LogP contribution is 2.30. The first-order valence-electron chi connectivity index (χ1n) is 6.40. The third-order valence-electron chi connectivity index (χ3n) is 3.58. The topological polar surface area (TPSA) is 76.2 Å². The van der Waals surface area contributed by atoms with Gasteiger partial charge in [0, 0.05) is 24.3 Å². The first-order chi connectivity index (χ1) is 8.84. The van der Waals surface area contributed by atoms with Crippen LogP contribution in [0, 0.1) is 0 Å². The number of nitrogens with one attached hydrogen (secondary N) is 2. The van der Waals surface area contributed by atoms with Gasteiger partial charge in [0.2, 0.25) is 0 Å². The fourth-order valence-corrected chi connectivity index (χ4v) is 2.55. The molecule has 98 valence electrons. The normalized spacial score (nSPS) is 26.9. The van der Waals surface area contributed by atoms with Crippen LogP contribution in [0.2, 0.25) is 0 Å². The number of H-pyrrole nitrogens is 1. The zero-order chi connectivity index (χ0) is 12.4. The van der Waals surface area contributed by atoms with Crippen LogP contribution in [-0.4, -0.2) is 35.4 Å². The summed E-state index contributed by atoms with van der Waals surface area (Å²) in [6.07, 6.45) is 5.39. The van der Waals surface area contributed by atoms with E-state index in [4.69, 9.17) is 9.57 Å². The lowest BCUT2D eigenvalue weighted by Gasteiger charge is -2.21. The summed E-state index contributed by atoms with van der Waals surface area (Å²) in [7, 11) is 0. The number of aryl methyl sites for hydroxylation is 1. The molecular formula is C12H17N3O3. The van der Waals surface area contributed by atoms with Gasteiger partial charge in [0.1, 0.15) is 6.10 Å². The molecule has 3 rings (SSSR count). The molecule has 6 heteroatoms. The Hall–Kier alpha value is -1.40. The Kier molecular flexibility index (Phi) is 3.29. The molecule has 1 aromatic rings. The van der Waals surface area contributed by atoms with E-state index in [2.05, 4.69) is 15.7 Å². The summed E-state index contributed by atoms with van der Waals surface area (Å²) in [5.41, 5.74) is 4.64. The number of aromatic nitrogens is 2. The van der Waals surface area contributed by atoms with Gasteiger partial charge in [-0.1, -0.05) is 0 Å². The average molecular weight is 251 g/mol. The van der Waals surface area contributed by atoms with E-state index in [0.29, 0.717) is 13.2 Å². The van der Waals surface area contributed by atoms with Gasteiger partial charge < -0.3 is 4.74 Å². The number of hydrogen-bond acceptors (Lipinski definition) is 4. The van der Waals surface area contributed by atoms with Crippen molar-refractivity contribution < 1.29 is 14.4 Å². The van der Waals surface area contributed by atoms with Crippen LogP contribution < -0.4 is 5.48 Å². The van der Waals surface area contributed by atoms with Crippen LogP contribution in [0.3, 0.4) is 0 Å². The fourth-order valence-electron chi connectivity index (χ4n) is 2.55. The van der Waals surface area contributed by atoms with Gasteiger partial charge in [0.25, 0.3) is 5.91 Å². The number of ether oxygens (including phenoxy) is 1. The van der Waals surface area contributed by atoms with Crippen molar-refractivity contribution in [2.24, 2.45) is 0 Å².